The molecule has 0 bridgehead atoms. The summed E-state index contributed by atoms with van der Waals surface area (Å²) in [5.74, 6) is -1.21. The summed E-state index contributed by atoms with van der Waals surface area (Å²) in [6.07, 6.45) is 2.19. The van der Waals surface area contributed by atoms with Crippen molar-refractivity contribution in [3.05, 3.63) is 0 Å². The van der Waals surface area contributed by atoms with Crippen molar-refractivity contribution in [3.63, 3.8) is 0 Å². The van der Waals surface area contributed by atoms with Crippen LogP contribution in [0.15, 0.2) is 0 Å². The molecule has 0 heterocycles. The molecule has 0 saturated carbocycles. The molecule has 0 atom stereocenters. The number of carboxylic acid groups (broad SMARTS) is 1. The number of hydrogen-bond acceptors (Lipinski definition) is 5. The molecule has 0 spiro atoms. The van der Waals surface area contributed by atoms with Gasteiger partial charge in [0.15, 0.2) is 0 Å². The number of hydrogen-bond donors (Lipinski definition) is 0. The molecule has 0 aromatic rings. The molecule has 0 aromatic heterocycles. The second kappa shape index (κ2) is 15.4. The zero-order valence-electron chi connectivity index (χ0n) is 10.2. The smallest absolute Gasteiger partial charge is 0.548 e. The van der Waals surface area contributed by atoms with Gasteiger partial charge in [-0.3, -0.25) is 0 Å². The average Bonchev–Trinajstić information content (AvgIpc) is 2.20. The van der Waals surface area contributed by atoms with Gasteiger partial charge in [0, 0.05) is 6.61 Å². The van der Waals surface area contributed by atoms with Gasteiger partial charge in [0.05, 0.1) is 39.0 Å². The van der Waals surface area contributed by atoms with Gasteiger partial charge < -0.3 is 24.1 Å². The minimum atomic E-state index is -1.21. The Hall–Kier alpha value is 0.350. The number of carboxylic acids is 1. The van der Waals surface area contributed by atoms with Crippen molar-refractivity contribution >= 4 is 5.97 Å². The van der Waals surface area contributed by atoms with Gasteiger partial charge in [0.2, 0.25) is 0 Å². The fourth-order valence-electron chi connectivity index (χ4n) is 0.842. The molecule has 90 valence electrons. The van der Waals surface area contributed by atoms with E-state index in [4.69, 9.17) is 14.2 Å². The van der Waals surface area contributed by atoms with Crippen molar-refractivity contribution in [2.45, 2.75) is 19.8 Å². The van der Waals surface area contributed by atoms with Crippen molar-refractivity contribution in [2.24, 2.45) is 0 Å². The van der Waals surface area contributed by atoms with Crippen LogP contribution >= 0.6 is 0 Å². The van der Waals surface area contributed by atoms with Gasteiger partial charge >= 0.3 is 29.6 Å². The van der Waals surface area contributed by atoms with E-state index >= 15 is 0 Å². The molecular weight excluding hydrogens is 223 g/mol. The van der Waals surface area contributed by atoms with Crippen molar-refractivity contribution < 1.29 is 53.7 Å². The van der Waals surface area contributed by atoms with E-state index in [0.29, 0.717) is 19.8 Å². The van der Waals surface area contributed by atoms with Crippen molar-refractivity contribution in [1.29, 1.82) is 0 Å². The van der Waals surface area contributed by atoms with Crippen LogP contribution in [0.25, 0.3) is 0 Å². The molecule has 5 nitrogen and oxygen atoms in total. The Morgan fingerprint density at radius 2 is 1.50 bits per heavy atom. The standard InChI is InChI=1S/C10H20O5.Na/c1-2-3-4-13-5-6-14-7-8-15-9-10(11)12;/h2-9H2,1H3,(H,11,12);/q;+1/p-1. The number of aliphatic carboxylic acids is 1. The monoisotopic (exact) mass is 242 g/mol. The molecule has 0 saturated heterocycles. The van der Waals surface area contributed by atoms with E-state index in [2.05, 4.69) is 6.92 Å². The van der Waals surface area contributed by atoms with Gasteiger partial charge in [0.25, 0.3) is 0 Å². The van der Waals surface area contributed by atoms with Crippen LogP contribution in [0.2, 0.25) is 0 Å². The van der Waals surface area contributed by atoms with E-state index in [0.717, 1.165) is 19.4 Å². The minimum absolute atomic E-state index is 0. The number of carbonyl (C=O) groups excluding carboxylic acids is 1. The summed E-state index contributed by atoms with van der Waals surface area (Å²) in [5.41, 5.74) is 0. The van der Waals surface area contributed by atoms with Crippen LogP contribution in [-0.2, 0) is 19.0 Å². The first-order valence-corrected chi connectivity index (χ1v) is 5.20. The van der Waals surface area contributed by atoms with Gasteiger partial charge in [-0.1, -0.05) is 13.3 Å². The molecule has 0 radical (unpaired) electrons. The largest absolute Gasteiger partial charge is 1.00 e. The van der Waals surface area contributed by atoms with Crippen LogP contribution in [0.5, 0.6) is 0 Å². The summed E-state index contributed by atoms with van der Waals surface area (Å²) in [4.78, 5) is 9.94. The fraction of sp³-hybridized carbons (Fsp3) is 0.900. The molecule has 16 heavy (non-hydrogen) atoms. The molecule has 0 rings (SSSR count). The molecular formula is C10H19NaO5. The summed E-state index contributed by atoms with van der Waals surface area (Å²) >= 11 is 0. The summed E-state index contributed by atoms with van der Waals surface area (Å²) in [5, 5.41) is 9.94. The second-order valence-electron chi connectivity index (χ2n) is 3.00. The van der Waals surface area contributed by atoms with Crippen LogP contribution in [-0.4, -0.2) is 45.6 Å². The molecule has 0 unspecified atom stereocenters. The molecule has 6 heteroatoms. The van der Waals surface area contributed by atoms with Crippen molar-refractivity contribution in [3.8, 4) is 0 Å². The van der Waals surface area contributed by atoms with Crippen LogP contribution in [0, 0.1) is 0 Å². The van der Waals surface area contributed by atoms with E-state index in [1.165, 1.54) is 0 Å². The van der Waals surface area contributed by atoms with Crippen LogP contribution < -0.4 is 34.7 Å². The third-order valence-electron chi connectivity index (χ3n) is 1.61. The Morgan fingerprint density at radius 1 is 1.00 bits per heavy atom. The second-order valence-corrected chi connectivity index (χ2v) is 3.00. The number of rotatable bonds is 11. The van der Waals surface area contributed by atoms with Crippen LogP contribution in [0.1, 0.15) is 19.8 Å². The SMILES string of the molecule is CCCCOCCOCCOCC(=O)[O-].[Na+]. The maximum atomic E-state index is 9.94. The van der Waals surface area contributed by atoms with Gasteiger partial charge in [0.1, 0.15) is 0 Å². The maximum absolute atomic E-state index is 9.94. The molecule has 0 aliphatic heterocycles. The van der Waals surface area contributed by atoms with Crippen LogP contribution in [0.3, 0.4) is 0 Å². The Labute approximate surface area is 119 Å². The van der Waals surface area contributed by atoms with E-state index in [1.54, 1.807) is 0 Å². The third kappa shape index (κ3) is 16.8. The summed E-state index contributed by atoms with van der Waals surface area (Å²) in [6, 6.07) is 0. The number of carbonyl (C=O) groups is 1. The molecule has 0 aliphatic rings. The summed E-state index contributed by atoms with van der Waals surface area (Å²) in [6.45, 7) is 4.22. The maximum Gasteiger partial charge on any atom is 1.00 e. The van der Waals surface area contributed by atoms with E-state index in [-0.39, 0.29) is 42.8 Å². The predicted molar refractivity (Wildman–Crippen MR) is 52.4 cm³/mol. The Kier molecular flexibility index (Phi) is 17.9. The Morgan fingerprint density at radius 3 is 2.00 bits per heavy atom. The topological polar surface area (TPSA) is 67.8 Å². The van der Waals surface area contributed by atoms with Gasteiger partial charge in [-0.25, -0.2) is 0 Å². The first-order chi connectivity index (χ1) is 7.27. The summed E-state index contributed by atoms with van der Waals surface area (Å²) in [7, 11) is 0. The Bertz CT molecular complexity index is 154. The molecule has 0 aromatic carbocycles. The van der Waals surface area contributed by atoms with Gasteiger partial charge in [-0.15, -0.1) is 0 Å². The quantitative estimate of drug-likeness (QED) is 0.279. The van der Waals surface area contributed by atoms with Crippen molar-refractivity contribution in [2.75, 3.05) is 39.6 Å². The number of unbranched alkanes of at least 4 members (excludes halogenated alkanes) is 1. The summed E-state index contributed by atoms with van der Waals surface area (Å²) < 4.78 is 15.1. The molecule has 0 aliphatic carbocycles. The molecule has 0 amide bonds. The zero-order valence-corrected chi connectivity index (χ0v) is 12.2. The zero-order chi connectivity index (χ0) is 11.4. The fourth-order valence-corrected chi connectivity index (χ4v) is 0.842. The molecule has 0 fully saturated rings. The Balaban J connectivity index is 0. The van der Waals surface area contributed by atoms with Gasteiger partial charge in [-0.2, -0.15) is 0 Å². The van der Waals surface area contributed by atoms with E-state index in [9.17, 15) is 9.90 Å². The minimum Gasteiger partial charge on any atom is -0.548 e. The average molecular weight is 242 g/mol. The van der Waals surface area contributed by atoms with Crippen LogP contribution in [0.4, 0.5) is 0 Å². The normalized spacial score (nSPS) is 9.81. The predicted octanol–water partition coefficient (Wildman–Crippen LogP) is -3.41. The van der Waals surface area contributed by atoms with Crippen molar-refractivity contribution in [1.82, 2.24) is 0 Å². The number of ether oxygens (including phenoxy) is 3. The van der Waals surface area contributed by atoms with Gasteiger partial charge in [-0.05, 0) is 6.42 Å². The third-order valence-corrected chi connectivity index (χ3v) is 1.61. The first-order valence-electron chi connectivity index (χ1n) is 5.20. The first kappa shape index (κ1) is 18.7. The van der Waals surface area contributed by atoms with E-state index < -0.39 is 5.97 Å². The van der Waals surface area contributed by atoms with E-state index in [1.807, 2.05) is 0 Å². The molecule has 0 N–H and O–H groups in total.